The number of hydrogen-bond donors (Lipinski definition) is 1. The van der Waals surface area contributed by atoms with Crippen LogP contribution in [-0.2, 0) is 0 Å². The molecule has 0 saturated carbocycles. The number of aromatic nitrogens is 1. The SMILES string of the molecule is CC(C)c1oc(N)nc1-c1csc2ccccc12. The first-order chi connectivity index (χ1) is 8.66. The molecule has 0 saturated heterocycles. The zero-order chi connectivity index (χ0) is 12.7. The zero-order valence-electron chi connectivity index (χ0n) is 10.3. The van der Waals surface area contributed by atoms with Gasteiger partial charge in [-0.1, -0.05) is 32.0 Å². The maximum atomic E-state index is 5.69. The fourth-order valence-corrected chi connectivity index (χ4v) is 3.04. The van der Waals surface area contributed by atoms with Gasteiger partial charge in [0.25, 0.3) is 6.01 Å². The fourth-order valence-electron chi connectivity index (χ4n) is 2.09. The van der Waals surface area contributed by atoms with Crippen LogP contribution in [-0.4, -0.2) is 4.98 Å². The van der Waals surface area contributed by atoms with Gasteiger partial charge in [-0.05, 0) is 6.07 Å². The van der Waals surface area contributed by atoms with Crippen molar-refractivity contribution in [2.75, 3.05) is 5.73 Å². The van der Waals surface area contributed by atoms with Crippen molar-refractivity contribution < 1.29 is 4.42 Å². The van der Waals surface area contributed by atoms with Gasteiger partial charge in [0.2, 0.25) is 0 Å². The number of fused-ring (bicyclic) bond motifs is 1. The van der Waals surface area contributed by atoms with Crippen molar-refractivity contribution in [2.24, 2.45) is 0 Å². The average molecular weight is 258 g/mol. The Morgan fingerprint density at radius 2 is 2.06 bits per heavy atom. The Bertz CT molecular complexity index is 697. The number of nitrogens with zero attached hydrogens (tertiary/aromatic N) is 1. The molecule has 0 amide bonds. The first kappa shape index (κ1) is 11.3. The predicted octanol–water partition coefficient (Wildman–Crippen LogP) is 4.26. The summed E-state index contributed by atoms with van der Waals surface area (Å²) in [7, 11) is 0. The lowest BCUT2D eigenvalue weighted by Crippen LogP contribution is -1.88. The molecule has 3 nitrogen and oxygen atoms in total. The minimum atomic E-state index is 0.240. The zero-order valence-corrected chi connectivity index (χ0v) is 11.1. The van der Waals surface area contributed by atoms with Crippen LogP contribution in [0.4, 0.5) is 6.01 Å². The molecule has 0 aliphatic carbocycles. The lowest BCUT2D eigenvalue weighted by Gasteiger charge is -2.02. The van der Waals surface area contributed by atoms with Crippen LogP contribution in [0.2, 0.25) is 0 Å². The molecule has 0 fully saturated rings. The third-order valence-electron chi connectivity index (χ3n) is 2.93. The maximum Gasteiger partial charge on any atom is 0.292 e. The quantitative estimate of drug-likeness (QED) is 0.747. The van der Waals surface area contributed by atoms with Crippen LogP contribution in [0.25, 0.3) is 21.3 Å². The van der Waals surface area contributed by atoms with Crippen molar-refractivity contribution in [3.05, 3.63) is 35.4 Å². The van der Waals surface area contributed by atoms with Crippen molar-refractivity contribution in [3.8, 4) is 11.3 Å². The number of thiophene rings is 1. The van der Waals surface area contributed by atoms with E-state index in [0.29, 0.717) is 0 Å². The summed E-state index contributed by atoms with van der Waals surface area (Å²) in [5.41, 5.74) is 7.68. The van der Waals surface area contributed by atoms with Crippen LogP contribution >= 0.6 is 11.3 Å². The molecule has 0 unspecified atom stereocenters. The third kappa shape index (κ3) is 1.69. The first-order valence-corrected chi connectivity index (χ1v) is 6.77. The van der Waals surface area contributed by atoms with Crippen molar-refractivity contribution >= 4 is 27.4 Å². The highest BCUT2D eigenvalue weighted by Crippen LogP contribution is 2.37. The number of benzene rings is 1. The molecular formula is C14H14N2OS. The summed E-state index contributed by atoms with van der Waals surface area (Å²) in [5, 5.41) is 3.33. The minimum absolute atomic E-state index is 0.240. The number of oxazole rings is 1. The van der Waals surface area contributed by atoms with E-state index in [9.17, 15) is 0 Å². The van der Waals surface area contributed by atoms with Gasteiger partial charge in [0, 0.05) is 26.9 Å². The summed E-state index contributed by atoms with van der Waals surface area (Å²) in [6, 6.07) is 8.54. The van der Waals surface area contributed by atoms with Gasteiger partial charge in [0.05, 0.1) is 0 Å². The fraction of sp³-hybridized carbons (Fsp3) is 0.214. The molecule has 0 radical (unpaired) electrons. The summed E-state index contributed by atoms with van der Waals surface area (Å²) in [6.07, 6.45) is 0. The molecule has 0 aliphatic rings. The van der Waals surface area contributed by atoms with Crippen molar-refractivity contribution in [3.63, 3.8) is 0 Å². The summed E-state index contributed by atoms with van der Waals surface area (Å²) in [4.78, 5) is 4.34. The highest BCUT2D eigenvalue weighted by molar-refractivity contribution is 7.17. The van der Waals surface area contributed by atoms with Gasteiger partial charge in [-0.15, -0.1) is 11.3 Å². The minimum Gasteiger partial charge on any atom is -0.428 e. The number of rotatable bonds is 2. The lowest BCUT2D eigenvalue weighted by atomic mass is 10.0. The van der Waals surface area contributed by atoms with Gasteiger partial charge >= 0.3 is 0 Å². The van der Waals surface area contributed by atoms with E-state index in [-0.39, 0.29) is 11.9 Å². The van der Waals surface area contributed by atoms with Crippen LogP contribution < -0.4 is 5.73 Å². The van der Waals surface area contributed by atoms with E-state index in [0.717, 1.165) is 17.0 Å². The van der Waals surface area contributed by atoms with Gasteiger partial charge in [-0.3, -0.25) is 0 Å². The van der Waals surface area contributed by atoms with Crippen LogP contribution in [0, 0.1) is 0 Å². The first-order valence-electron chi connectivity index (χ1n) is 5.89. The van der Waals surface area contributed by atoms with Crippen LogP contribution in [0.5, 0.6) is 0 Å². The molecule has 0 atom stereocenters. The van der Waals surface area contributed by atoms with Crippen LogP contribution in [0.1, 0.15) is 25.5 Å². The molecule has 92 valence electrons. The van der Waals surface area contributed by atoms with E-state index in [4.69, 9.17) is 10.2 Å². The van der Waals surface area contributed by atoms with E-state index < -0.39 is 0 Å². The lowest BCUT2D eigenvalue weighted by molar-refractivity contribution is 0.500. The Labute approximate surface area is 109 Å². The summed E-state index contributed by atoms with van der Waals surface area (Å²) >= 11 is 1.72. The second-order valence-electron chi connectivity index (χ2n) is 4.57. The molecule has 0 aliphatic heterocycles. The summed E-state index contributed by atoms with van der Waals surface area (Å²) in [5.74, 6) is 1.12. The monoisotopic (exact) mass is 258 g/mol. The molecule has 0 spiro atoms. The standard InChI is InChI=1S/C14H14N2OS/c1-8(2)13-12(16-14(15)17-13)10-7-18-11-6-4-3-5-9(10)11/h3-8H,1-2H3,(H2,15,16). The van der Waals surface area contributed by atoms with Crippen molar-refractivity contribution in [1.29, 1.82) is 0 Å². The average Bonchev–Trinajstić information content (AvgIpc) is 2.92. The Balaban J connectivity index is 2.26. The second-order valence-corrected chi connectivity index (χ2v) is 5.48. The number of anilines is 1. The third-order valence-corrected chi connectivity index (χ3v) is 3.89. The predicted molar refractivity (Wildman–Crippen MR) is 75.8 cm³/mol. The largest absolute Gasteiger partial charge is 0.428 e. The summed E-state index contributed by atoms with van der Waals surface area (Å²) < 4.78 is 6.77. The van der Waals surface area contributed by atoms with Crippen LogP contribution in [0.3, 0.4) is 0 Å². The number of nitrogen functional groups attached to an aromatic ring is 1. The Hall–Kier alpha value is -1.81. The van der Waals surface area contributed by atoms with E-state index in [1.165, 1.54) is 10.1 Å². The van der Waals surface area contributed by atoms with Gasteiger partial charge < -0.3 is 10.2 Å². The molecule has 3 aromatic rings. The Kier molecular flexibility index (Phi) is 2.59. The van der Waals surface area contributed by atoms with Gasteiger partial charge in [0.15, 0.2) is 0 Å². The topological polar surface area (TPSA) is 52.0 Å². The highest BCUT2D eigenvalue weighted by atomic mass is 32.1. The van der Waals surface area contributed by atoms with Crippen molar-refractivity contribution in [2.45, 2.75) is 19.8 Å². The summed E-state index contributed by atoms with van der Waals surface area (Å²) in [6.45, 7) is 4.16. The molecule has 18 heavy (non-hydrogen) atoms. The Morgan fingerprint density at radius 1 is 1.28 bits per heavy atom. The number of hydrogen-bond acceptors (Lipinski definition) is 4. The smallest absolute Gasteiger partial charge is 0.292 e. The van der Waals surface area contributed by atoms with E-state index in [1.54, 1.807) is 11.3 Å². The number of nitrogens with two attached hydrogens (primary N) is 1. The molecule has 4 heteroatoms. The molecule has 2 N–H and O–H groups in total. The molecule has 3 rings (SSSR count). The molecule has 0 bridgehead atoms. The van der Waals surface area contributed by atoms with Crippen LogP contribution in [0.15, 0.2) is 34.1 Å². The van der Waals surface area contributed by atoms with E-state index in [2.05, 4.69) is 36.3 Å². The normalized spacial score (nSPS) is 11.5. The Morgan fingerprint density at radius 3 is 2.83 bits per heavy atom. The van der Waals surface area contributed by atoms with Gasteiger partial charge in [-0.2, -0.15) is 4.98 Å². The van der Waals surface area contributed by atoms with E-state index >= 15 is 0 Å². The second kappa shape index (κ2) is 4.14. The van der Waals surface area contributed by atoms with E-state index in [1.807, 2.05) is 12.1 Å². The highest BCUT2D eigenvalue weighted by Gasteiger charge is 2.19. The van der Waals surface area contributed by atoms with Gasteiger partial charge in [-0.25, -0.2) is 0 Å². The molecule has 2 heterocycles. The maximum absolute atomic E-state index is 5.69. The van der Waals surface area contributed by atoms with Gasteiger partial charge in [0.1, 0.15) is 11.5 Å². The molecule has 1 aromatic carbocycles. The molecule has 2 aromatic heterocycles. The van der Waals surface area contributed by atoms with Crippen molar-refractivity contribution in [1.82, 2.24) is 4.98 Å². The molecular weight excluding hydrogens is 244 g/mol.